The van der Waals surface area contributed by atoms with Gasteiger partial charge in [0.2, 0.25) is 0 Å². The van der Waals surface area contributed by atoms with Crippen LogP contribution in [0.25, 0.3) is 0 Å². The van der Waals surface area contributed by atoms with E-state index in [1.165, 1.54) is 0 Å². The molecule has 68 valence electrons. The molecule has 1 aromatic rings. The Bertz CT molecular complexity index is 252. The summed E-state index contributed by atoms with van der Waals surface area (Å²) in [5.41, 5.74) is 0.447. The molecule has 4 heteroatoms. The van der Waals surface area contributed by atoms with Crippen LogP contribution in [0, 0.1) is 6.92 Å². The van der Waals surface area contributed by atoms with E-state index in [9.17, 15) is 5.11 Å². The molecule has 1 heterocycles. The Morgan fingerprint density at radius 3 is 2.75 bits per heavy atom. The number of aromatic nitrogens is 1. The van der Waals surface area contributed by atoms with Crippen LogP contribution in [-0.2, 0) is 0 Å². The van der Waals surface area contributed by atoms with Crippen molar-refractivity contribution in [3.8, 4) is 0 Å². The summed E-state index contributed by atoms with van der Waals surface area (Å²) in [4.78, 5) is 4.28. The van der Waals surface area contributed by atoms with E-state index < -0.39 is 5.60 Å². The minimum Gasteiger partial charge on any atom is -0.390 e. The van der Waals surface area contributed by atoms with Gasteiger partial charge in [-0.05, 0) is 20.8 Å². The summed E-state index contributed by atoms with van der Waals surface area (Å²) < 4.78 is 1.04. The van der Waals surface area contributed by atoms with Crippen LogP contribution >= 0.6 is 23.1 Å². The van der Waals surface area contributed by atoms with Crippen LogP contribution < -0.4 is 0 Å². The zero-order chi connectivity index (χ0) is 9.19. The summed E-state index contributed by atoms with van der Waals surface area (Å²) in [6.07, 6.45) is 0. The minimum absolute atomic E-state index is 0.607. The fourth-order valence-corrected chi connectivity index (χ4v) is 2.44. The van der Waals surface area contributed by atoms with Gasteiger partial charge >= 0.3 is 0 Å². The molecular weight excluding hydrogens is 190 g/mol. The van der Waals surface area contributed by atoms with Gasteiger partial charge < -0.3 is 5.11 Å². The third-order valence-electron chi connectivity index (χ3n) is 1.15. The Kier molecular flexibility index (Phi) is 3.15. The highest BCUT2D eigenvalue weighted by molar-refractivity contribution is 8.01. The first-order valence-corrected chi connectivity index (χ1v) is 5.61. The zero-order valence-corrected chi connectivity index (χ0v) is 9.13. The van der Waals surface area contributed by atoms with Gasteiger partial charge in [-0.2, -0.15) is 0 Å². The molecular formula is C8H13NOS2. The average Bonchev–Trinajstić information content (AvgIpc) is 2.30. The second kappa shape index (κ2) is 3.77. The summed E-state index contributed by atoms with van der Waals surface area (Å²) in [5, 5.41) is 11.5. The van der Waals surface area contributed by atoms with E-state index in [0.29, 0.717) is 5.75 Å². The summed E-state index contributed by atoms with van der Waals surface area (Å²) >= 11 is 3.24. The van der Waals surface area contributed by atoms with E-state index in [-0.39, 0.29) is 0 Å². The molecule has 0 fully saturated rings. The molecule has 0 aliphatic carbocycles. The Hall–Kier alpha value is -0.0600. The summed E-state index contributed by atoms with van der Waals surface area (Å²) in [6, 6.07) is 0. The number of rotatable bonds is 3. The fourth-order valence-electron chi connectivity index (χ4n) is 0.637. The maximum absolute atomic E-state index is 9.44. The fraction of sp³-hybridized carbons (Fsp3) is 0.625. The van der Waals surface area contributed by atoms with Crippen LogP contribution in [0.4, 0.5) is 0 Å². The number of hydrogen-bond donors (Lipinski definition) is 1. The molecule has 0 aromatic carbocycles. The highest BCUT2D eigenvalue weighted by atomic mass is 32.2. The maximum atomic E-state index is 9.44. The molecule has 0 saturated heterocycles. The molecule has 0 spiro atoms. The molecule has 0 aliphatic rings. The second-order valence-corrected chi connectivity index (χ2v) is 5.44. The second-order valence-electron chi connectivity index (χ2n) is 3.36. The zero-order valence-electron chi connectivity index (χ0n) is 7.50. The van der Waals surface area contributed by atoms with Gasteiger partial charge in [0, 0.05) is 16.8 Å². The SMILES string of the molecule is Cc1csc(SCC(C)(C)O)n1. The smallest absolute Gasteiger partial charge is 0.150 e. The van der Waals surface area contributed by atoms with Crippen molar-refractivity contribution in [2.24, 2.45) is 0 Å². The Morgan fingerprint density at radius 1 is 1.67 bits per heavy atom. The average molecular weight is 203 g/mol. The molecule has 0 amide bonds. The van der Waals surface area contributed by atoms with Gasteiger partial charge in [0.05, 0.1) is 5.60 Å². The van der Waals surface area contributed by atoms with Crippen LogP contribution in [0.15, 0.2) is 9.72 Å². The quantitative estimate of drug-likeness (QED) is 0.765. The molecule has 1 rings (SSSR count). The molecule has 1 aromatic heterocycles. The van der Waals surface area contributed by atoms with Crippen molar-refractivity contribution in [1.29, 1.82) is 0 Å². The summed E-state index contributed by atoms with van der Waals surface area (Å²) in [6.45, 7) is 5.59. The largest absolute Gasteiger partial charge is 0.390 e. The molecule has 0 saturated carbocycles. The van der Waals surface area contributed by atoms with Crippen molar-refractivity contribution < 1.29 is 5.11 Å². The summed E-state index contributed by atoms with van der Waals surface area (Å²) in [7, 11) is 0. The molecule has 1 N–H and O–H groups in total. The number of hydrogen-bond acceptors (Lipinski definition) is 4. The molecule has 0 unspecified atom stereocenters. The molecule has 12 heavy (non-hydrogen) atoms. The number of nitrogens with zero attached hydrogens (tertiary/aromatic N) is 1. The summed E-state index contributed by atoms with van der Waals surface area (Å²) in [5.74, 6) is 0.694. The van der Waals surface area contributed by atoms with E-state index >= 15 is 0 Å². The van der Waals surface area contributed by atoms with Crippen molar-refractivity contribution in [1.82, 2.24) is 4.98 Å². The van der Waals surface area contributed by atoms with Crippen LogP contribution in [0.5, 0.6) is 0 Å². The molecule has 0 bridgehead atoms. The van der Waals surface area contributed by atoms with Gasteiger partial charge in [-0.1, -0.05) is 11.8 Å². The number of aliphatic hydroxyl groups is 1. The Labute approximate surface area is 81.0 Å². The third-order valence-corrected chi connectivity index (χ3v) is 3.73. The highest BCUT2D eigenvalue weighted by Crippen LogP contribution is 2.25. The number of thioether (sulfide) groups is 1. The Morgan fingerprint density at radius 2 is 2.33 bits per heavy atom. The molecule has 2 nitrogen and oxygen atoms in total. The Balaban J connectivity index is 2.44. The van der Waals surface area contributed by atoms with Crippen molar-refractivity contribution >= 4 is 23.1 Å². The van der Waals surface area contributed by atoms with Crippen LogP contribution in [0.3, 0.4) is 0 Å². The van der Waals surface area contributed by atoms with Gasteiger partial charge in [-0.3, -0.25) is 0 Å². The van der Waals surface area contributed by atoms with Gasteiger partial charge in [-0.15, -0.1) is 11.3 Å². The van der Waals surface area contributed by atoms with Crippen molar-refractivity contribution in [2.75, 3.05) is 5.75 Å². The van der Waals surface area contributed by atoms with E-state index in [2.05, 4.69) is 4.98 Å². The third kappa shape index (κ3) is 3.56. The van der Waals surface area contributed by atoms with E-state index in [0.717, 1.165) is 10.0 Å². The standard InChI is InChI=1S/C8H13NOS2/c1-6-4-11-7(9-6)12-5-8(2,3)10/h4,10H,5H2,1-3H3. The predicted octanol–water partition coefficient (Wildman–Crippen LogP) is 2.31. The normalized spacial score (nSPS) is 12.0. The van der Waals surface area contributed by atoms with Crippen LogP contribution in [0.1, 0.15) is 19.5 Å². The lowest BCUT2D eigenvalue weighted by atomic mass is 10.2. The maximum Gasteiger partial charge on any atom is 0.150 e. The van der Waals surface area contributed by atoms with Gasteiger partial charge in [0.1, 0.15) is 4.34 Å². The lowest BCUT2D eigenvalue weighted by Crippen LogP contribution is -2.21. The van der Waals surface area contributed by atoms with Crippen molar-refractivity contribution in [2.45, 2.75) is 30.7 Å². The number of thiazole rings is 1. The monoisotopic (exact) mass is 203 g/mol. The first kappa shape index (κ1) is 10.0. The van der Waals surface area contributed by atoms with Gasteiger partial charge in [0.15, 0.2) is 0 Å². The molecule has 0 aliphatic heterocycles. The predicted molar refractivity (Wildman–Crippen MR) is 53.9 cm³/mol. The van der Waals surface area contributed by atoms with Gasteiger partial charge in [-0.25, -0.2) is 4.98 Å². The van der Waals surface area contributed by atoms with E-state index in [1.807, 2.05) is 12.3 Å². The lowest BCUT2D eigenvalue weighted by molar-refractivity contribution is 0.107. The van der Waals surface area contributed by atoms with Crippen LogP contribution in [0.2, 0.25) is 0 Å². The van der Waals surface area contributed by atoms with E-state index in [1.54, 1.807) is 36.9 Å². The molecule has 0 atom stereocenters. The lowest BCUT2D eigenvalue weighted by Gasteiger charge is -2.14. The topological polar surface area (TPSA) is 33.1 Å². The first-order chi connectivity index (χ1) is 5.47. The van der Waals surface area contributed by atoms with Gasteiger partial charge in [0.25, 0.3) is 0 Å². The van der Waals surface area contributed by atoms with Crippen molar-refractivity contribution in [3.05, 3.63) is 11.1 Å². The van der Waals surface area contributed by atoms with E-state index in [4.69, 9.17) is 0 Å². The minimum atomic E-state index is -0.607. The van der Waals surface area contributed by atoms with Crippen molar-refractivity contribution in [3.63, 3.8) is 0 Å². The van der Waals surface area contributed by atoms with Crippen LogP contribution in [-0.4, -0.2) is 21.4 Å². The highest BCUT2D eigenvalue weighted by Gasteiger charge is 2.13. The first-order valence-electron chi connectivity index (χ1n) is 3.75. The number of aryl methyl sites for hydroxylation is 1. The molecule has 0 radical (unpaired) electrons.